The summed E-state index contributed by atoms with van der Waals surface area (Å²) in [6.07, 6.45) is 6.16. The Morgan fingerprint density at radius 2 is 2.13 bits per heavy atom. The molecule has 2 saturated heterocycles. The van der Waals surface area contributed by atoms with Crippen LogP contribution < -0.4 is 10.2 Å². The molecule has 0 saturated carbocycles. The molecule has 3 heterocycles. The minimum atomic E-state index is 0.0859. The molecule has 1 aromatic heterocycles. The summed E-state index contributed by atoms with van der Waals surface area (Å²) in [5.74, 6) is 1.30. The maximum Gasteiger partial charge on any atom is 0.225 e. The third-order valence-electron chi connectivity index (χ3n) is 5.06. The number of nitrogens with one attached hydrogen (secondary N) is 1. The number of aromatic nitrogens is 1. The molecule has 2 aliphatic rings. The van der Waals surface area contributed by atoms with Crippen molar-refractivity contribution < 1.29 is 4.79 Å². The van der Waals surface area contributed by atoms with Crippen LogP contribution >= 0.6 is 0 Å². The monoisotopic (exact) mass is 316 g/mol. The van der Waals surface area contributed by atoms with Crippen LogP contribution in [0.15, 0.2) is 24.4 Å². The highest BCUT2D eigenvalue weighted by molar-refractivity contribution is 5.79. The van der Waals surface area contributed by atoms with Crippen molar-refractivity contribution in [3.8, 4) is 0 Å². The van der Waals surface area contributed by atoms with Gasteiger partial charge in [-0.2, -0.15) is 0 Å². The Bertz CT molecular complexity index is 507. The van der Waals surface area contributed by atoms with Gasteiger partial charge in [0.1, 0.15) is 5.82 Å². The molecule has 0 radical (unpaired) electrons. The van der Waals surface area contributed by atoms with Crippen molar-refractivity contribution in [2.24, 2.45) is 5.92 Å². The zero-order valence-corrected chi connectivity index (χ0v) is 14.1. The molecule has 0 unspecified atom stereocenters. The molecule has 0 spiro atoms. The molecule has 0 aromatic carbocycles. The molecule has 5 nitrogen and oxygen atoms in total. The number of pyridine rings is 1. The number of rotatable bonds is 4. The smallest absolute Gasteiger partial charge is 0.225 e. The topological polar surface area (TPSA) is 48.5 Å². The van der Waals surface area contributed by atoms with Crippen LogP contribution in [0.1, 0.15) is 32.6 Å². The normalized spacial score (nSPS) is 26.0. The van der Waals surface area contributed by atoms with E-state index in [1.54, 1.807) is 0 Å². The molecule has 0 aliphatic carbocycles. The average molecular weight is 316 g/mol. The van der Waals surface area contributed by atoms with E-state index in [9.17, 15) is 4.79 Å². The molecule has 3 rings (SSSR count). The molecule has 23 heavy (non-hydrogen) atoms. The average Bonchev–Trinajstić information content (AvgIpc) is 2.63. The first-order valence-corrected chi connectivity index (χ1v) is 8.95. The second-order valence-corrected chi connectivity index (χ2v) is 6.71. The first-order valence-electron chi connectivity index (χ1n) is 8.95. The zero-order chi connectivity index (χ0) is 16.1. The number of carbonyl (C=O) groups excluding carboxylic acids is 1. The molecular formula is C18H28N4O. The van der Waals surface area contributed by atoms with Crippen LogP contribution in [0.5, 0.6) is 0 Å². The predicted molar refractivity (Wildman–Crippen MR) is 92.5 cm³/mol. The van der Waals surface area contributed by atoms with Crippen LogP contribution in [-0.4, -0.2) is 54.6 Å². The van der Waals surface area contributed by atoms with Gasteiger partial charge in [-0.25, -0.2) is 4.98 Å². The number of amides is 1. The lowest BCUT2D eigenvalue weighted by Gasteiger charge is -2.36. The van der Waals surface area contributed by atoms with E-state index in [1.807, 2.05) is 24.4 Å². The van der Waals surface area contributed by atoms with Crippen LogP contribution in [0, 0.1) is 5.92 Å². The Morgan fingerprint density at radius 3 is 2.91 bits per heavy atom. The molecule has 2 aliphatic heterocycles. The van der Waals surface area contributed by atoms with E-state index in [0.29, 0.717) is 6.04 Å². The zero-order valence-electron chi connectivity index (χ0n) is 14.1. The van der Waals surface area contributed by atoms with Crippen molar-refractivity contribution >= 4 is 11.7 Å². The van der Waals surface area contributed by atoms with E-state index in [0.717, 1.165) is 51.3 Å². The summed E-state index contributed by atoms with van der Waals surface area (Å²) in [5.41, 5.74) is 0. The van der Waals surface area contributed by atoms with Gasteiger partial charge in [0.05, 0.1) is 5.92 Å². The lowest BCUT2D eigenvalue weighted by Crippen LogP contribution is -2.51. The van der Waals surface area contributed by atoms with Crippen molar-refractivity contribution in [1.29, 1.82) is 0 Å². The fourth-order valence-corrected chi connectivity index (χ4v) is 3.72. The Morgan fingerprint density at radius 1 is 1.26 bits per heavy atom. The van der Waals surface area contributed by atoms with Gasteiger partial charge in [-0.05, 0) is 50.9 Å². The number of carbonyl (C=O) groups is 1. The molecular weight excluding hydrogens is 288 g/mol. The maximum atomic E-state index is 12.7. The largest absolute Gasteiger partial charge is 0.356 e. The Hall–Kier alpha value is -1.62. The SMILES string of the molecule is CCN1CCC[C@H](NC(=O)[C@H]2CCCN(c3ccccn3)C2)C1. The second-order valence-electron chi connectivity index (χ2n) is 6.71. The fourth-order valence-electron chi connectivity index (χ4n) is 3.72. The molecule has 5 heteroatoms. The van der Waals surface area contributed by atoms with Crippen molar-refractivity contribution in [1.82, 2.24) is 15.2 Å². The summed E-state index contributed by atoms with van der Waals surface area (Å²) in [5, 5.41) is 3.30. The highest BCUT2D eigenvalue weighted by Gasteiger charge is 2.29. The number of hydrogen-bond donors (Lipinski definition) is 1. The highest BCUT2D eigenvalue weighted by Crippen LogP contribution is 2.22. The third kappa shape index (κ3) is 4.22. The molecule has 126 valence electrons. The van der Waals surface area contributed by atoms with E-state index in [-0.39, 0.29) is 11.8 Å². The van der Waals surface area contributed by atoms with Gasteiger partial charge in [0.2, 0.25) is 5.91 Å². The van der Waals surface area contributed by atoms with Gasteiger partial charge >= 0.3 is 0 Å². The van der Waals surface area contributed by atoms with Gasteiger partial charge in [-0.3, -0.25) is 4.79 Å². The Labute approximate surface area is 139 Å². The lowest BCUT2D eigenvalue weighted by atomic mass is 9.96. The van der Waals surface area contributed by atoms with Gasteiger partial charge in [-0.15, -0.1) is 0 Å². The van der Waals surface area contributed by atoms with Gasteiger partial charge in [0.15, 0.2) is 0 Å². The number of hydrogen-bond acceptors (Lipinski definition) is 4. The first-order chi connectivity index (χ1) is 11.3. The molecule has 1 N–H and O–H groups in total. The Balaban J connectivity index is 1.55. The summed E-state index contributed by atoms with van der Waals surface area (Å²) < 4.78 is 0. The standard InChI is InChI=1S/C18H28N4O/c1-2-21-11-6-8-16(14-21)20-18(23)15-7-5-12-22(13-15)17-9-3-4-10-19-17/h3-4,9-10,15-16H,2,5-8,11-14H2,1H3,(H,20,23)/t15-,16-/m0/s1. The summed E-state index contributed by atoms with van der Waals surface area (Å²) >= 11 is 0. The van der Waals surface area contributed by atoms with Crippen LogP contribution in [0.3, 0.4) is 0 Å². The van der Waals surface area contributed by atoms with E-state index >= 15 is 0 Å². The second kappa shape index (κ2) is 7.77. The summed E-state index contributed by atoms with van der Waals surface area (Å²) in [4.78, 5) is 21.8. The number of nitrogens with zero attached hydrogens (tertiary/aromatic N) is 3. The Kier molecular flexibility index (Phi) is 5.49. The van der Waals surface area contributed by atoms with Gasteiger partial charge in [-0.1, -0.05) is 13.0 Å². The molecule has 1 amide bonds. The van der Waals surface area contributed by atoms with Crippen molar-refractivity contribution in [2.45, 2.75) is 38.6 Å². The van der Waals surface area contributed by atoms with Crippen LogP contribution in [0.4, 0.5) is 5.82 Å². The molecule has 1 aromatic rings. The number of likely N-dealkylation sites (N-methyl/N-ethyl adjacent to an activating group) is 1. The van der Waals surface area contributed by atoms with Gasteiger partial charge < -0.3 is 15.1 Å². The quantitative estimate of drug-likeness (QED) is 0.922. The van der Waals surface area contributed by atoms with E-state index in [1.165, 1.54) is 13.0 Å². The predicted octanol–water partition coefficient (Wildman–Crippen LogP) is 1.90. The number of piperidine rings is 2. The molecule has 0 bridgehead atoms. The van der Waals surface area contributed by atoms with Crippen molar-refractivity contribution in [3.05, 3.63) is 24.4 Å². The van der Waals surface area contributed by atoms with Crippen molar-refractivity contribution in [3.63, 3.8) is 0 Å². The molecule has 2 atom stereocenters. The summed E-state index contributed by atoms with van der Waals surface area (Å²) in [6.45, 7) is 7.21. The van der Waals surface area contributed by atoms with Gasteiger partial charge in [0, 0.05) is 31.9 Å². The fraction of sp³-hybridized carbons (Fsp3) is 0.667. The van der Waals surface area contributed by atoms with Crippen molar-refractivity contribution in [2.75, 3.05) is 37.6 Å². The van der Waals surface area contributed by atoms with Crippen LogP contribution in [0.25, 0.3) is 0 Å². The van der Waals surface area contributed by atoms with E-state index in [4.69, 9.17) is 0 Å². The number of likely N-dealkylation sites (tertiary alicyclic amines) is 1. The molecule has 2 fully saturated rings. The van der Waals surface area contributed by atoms with E-state index in [2.05, 4.69) is 27.0 Å². The minimum Gasteiger partial charge on any atom is -0.356 e. The van der Waals surface area contributed by atoms with Crippen LogP contribution in [0.2, 0.25) is 0 Å². The number of anilines is 1. The summed E-state index contributed by atoms with van der Waals surface area (Å²) in [6, 6.07) is 6.29. The van der Waals surface area contributed by atoms with Crippen LogP contribution in [-0.2, 0) is 4.79 Å². The lowest BCUT2D eigenvalue weighted by molar-refractivity contribution is -0.126. The third-order valence-corrected chi connectivity index (χ3v) is 5.06. The van der Waals surface area contributed by atoms with Gasteiger partial charge in [0.25, 0.3) is 0 Å². The maximum absolute atomic E-state index is 12.7. The van der Waals surface area contributed by atoms with E-state index < -0.39 is 0 Å². The minimum absolute atomic E-state index is 0.0859. The summed E-state index contributed by atoms with van der Waals surface area (Å²) in [7, 11) is 0. The first kappa shape index (κ1) is 16.2. The highest BCUT2D eigenvalue weighted by atomic mass is 16.2.